The minimum absolute atomic E-state index is 0.317. The van der Waals surface area contributed by atoms with E-state index < -0.39 is 11.6 Å². The van der Waals surface area contributed by atoms with E-state index in [1.54, 1.807) is 6.07 Å². The molecule has 1 heterocycles. The zero-order valence-electron chi connectivity index (χ0n) is 7.06. The summed E-state index contributed by atoms with van der Waals surface area (Å²) in [6.07, 6.45) is 1.69. The quantitative estimate of drug-likeness (QED) is 0.631. The van der Waals surface area contributed by atoms with Crippen LogP contribution in [0.15, 0.2) is 23.2 Å². The van der Waals surface area contributed by atoms with Crippen LogP contribution in [0.2, 0.25) is 0 Å². The molecule has 0 radical (unpaired) electrons. The molecule has 1 nitrogen and oxygen atoms in total. The van der Waals surface area contributed by atoms with Gasteiger partial charge in [0.1, 0.15) is 0 Å². The second-order valence-corrected chi connectivity index (χ2v) is 3.03. The Bertz CT molecular complexity index is 358. The molecule has 68 valence electrons. The fourth-order valence-electron chi connectivity index (χ4n) is 1.49. The maximum absolute atomic E-state index is 13.2. The molecule has 0 spiro atoms. The first-order chi connectivity index (χ1) is 6.29. The fraction of sp³-hybridized carbons (Fsp3) is 0.300. The molecule has 0 amide bonds. The standard InChI is InChI=1S/C10H9F2N/c11-8-4-1-3-7(10(8)12)9-5-2-6-13-9/h1,3-4H,2,5-6H2. The molecule has 0 unspecified atom stereocenters. The molecule has 2 rings (SSSR count). The highest BCUT2D eigenvalue weighted by Gasteiger charge is 2.15. The summed E-state index contributed by atoms with van der Waals surface area (Å²) >= 11 is 0. The van der Waals surface area contributed by atoms with Crippen molar-refractivity contribution in [1.29, 1.82) is 0 Å². The van der Waals surface area contributed by atoms with Gasteiger partial charge in [-0.1, -0.05) is 12.1 Å². The summed E-state index contributed by atoms with van der Waals surface area (Å²) in [5, 5.41) is 0. The lowest BCUT2D eigenvalue weighted by molar-refractivity contribution is 0.507. The van der Waals surface area contributed by atoms with E-state index in [0.717, 1.165) is 25.5 Å². The molecule has 3 heteroatoms. The molecule has 0 fully saturated rings. The van der Waals surface area contributed by atoms with Gasteiger partial charge in [0.05, 0.1) is 0 Å². The molecule has 0 saturated heterocycles. The molecule has 1 aromatic carbocycles. The molecule has 1 aliphatic heterocycles. The normalized spacial score (nSPS) is 16.0. The lowest BCUT2D eigenvalue weighted by atomic mass is 10.1. The van der Waals surface area contributed by atoms with Crippen molar-refractivity contribution in [2.24, 2.45) is 4.99 Å². The van der Waals surface area contributed by atoms with Gasteiger partial charge >= 0.3 is 0 Å². The van der Waals surface area contributed by atoms with Crippen LogP contribution in [0.3, 0.4) is 0 Å². The molecule has 0 aliphatic carbocycles. The van der Waals surface area contributed by atoms with Crippen LogP contribution < -0.4 is 0 Å². The Hall–Kier alpha value is -1.25. The highest BCUT2D eigenvalue weighted by molar-refractivity contribution is 6.01. The molecule has 13 heavy (non-hydrogen) atoms. The first kappa shape index (κ1) is 8.35. The Balaban J connectivity index is 2.45. The van der Waals surface area contributed by atoms with Crippen LogP contribution in [0.5, 0.6) is 0 Å². The van der Waals surface area contributed by atoms with E-state index in [1.165, 1.54) is 6.07 Å². The predicted octanol–water partition coefficient (Wildman–Crippen LogP) is 2.55. The molecular weight excluding hydrogens is 172 g/mol. The smallest absolute Gasteiger partial charge is 0.167 e. The van der Waals surface area contributed by atoms with Gasteiger partial charge in [0.15, 0.2) is 11.6 Å². The fourth-order valence-corrected chi connectivity index (χ4v) is 1.49. The Morgan fingerprint density at radius 3 is 2.77 bits per heavy atom. The van der Waals surface area contributed by atoms with Crippen LogP contribution in [0.4, 0.5) is 8.78 Å². The average Bonchev–Trinajstić information content (AvgIpc) is 2.62. The summed E-state index contributed by atoms with van der Waals surface area (Å²) in [6, 6.07) is 4.20. The second kappa shape index (κ2) is 3.24. The largest absolute Gasteiger partial charge is 0.289 e. The van der Waals surface area contributed by atoms with Gasteiger partial charge in [0, 0.05) is 17.8 Å². The Labute approximate surface area is 75.1 Å². The minimum atomic E-state index is -0.799. The third-order valence-corrected chi connectivity index (χ3v) is 2.14. The lowest BCUT2D eigenvalue weighted by Crippen LogP contribution is -2.01. The molecule has 1 aliphatic rings. The highest BCUT2D eigenvalue weighted by atomic mass is 19.2. The number of hydrogen-bond acceptors (Lipinski definition) is 1. The summed E-state index contributed by atoms with van der Waals surface area (Å²) in [4.78, 5) is 4.12. The van der Waals surface area contributed by atoms with Crippen LogP contribution >= 0.6 is 0 Å². The van der Waals surface area contributed by atoms with Gasteiger partial charge in [-0.2, -0.15) is 0 Å². The van der Waals surface area contributed by atoms with E-state index in [-0.39, 0.29) is 0 Å². The van der Waals surface area contributed by atoms with Crippen molar-refractivity contribution >= 4 is 5.71 Å². The topological polar surface area (TPSA) is 12.4 Å². The Kier molecular flexibility index (Phi) is 2.08. The first-order valence-corrected chi connectivity index (χ1v) is 4.27. The van der Waals surface area contributed by atoms with Crippen LogP contribution in [0, 0.1) is 11.6 Å². The predicted molar refractivity (Wildman–Crippen MR) is 47.0 cm³/mol. The van der Waals surface area contributed by atoms with Gasteiger partial charge in [-0.15, -0.1) is 0 Å². The van der Waals surface area contributed by atoms with Gasteiger partial charge in [0.2, 0.25) is 0 Å². The van der Waals surface area contributed by atoms with E-state index in [9.17, 15) is 8.78 Å². The van der Waals surface area contributed by atoms with E-state index in [1.807, 2.05) is 0 Å². The van der Waals surface area contributed by atoms with Crippen molar-refractivity contribution in [2.45, 2.75) is 12.8 Å². The molecule has 1 aromatic rings. The Morgan fingerprint density at radius 1 is 1.23 bits per heavy atom. The van der Waals surface area contributed by atoms with Crippen molar-refractivity contribution in [3.8, 4) is 0 Å². The van der Waals surface area contributed by atoms with E-state index in [4.69, 9.17) is 0 Å². The van der Waals surface area contributed by atoms with Gasteiger partial charge < -0.3 is 0 Å². The van der Waals surface area contributed by atoms with Crippen LogP contribution in [-0.4, -0.2) is 12.3 Å². The monoisotopic (exact) mass is 181 g/mol. The van der Waals surface area contributed by atoms with Crippen molar-refractivity contribution in [2.75, 3.05) is 6.54 Å². The number of nitrogens with zero attached hydrogens (tertiary/aromatic N) is 1. The van der Waals surface area contributed by atoms with E-state index in [2.05, 4.69) is 4.99 Å². The van der Waals surface area contributed by atoms with Gasteiger partial charge in [0.25, 0.3) is 0 Å². The molecule has 0 atom stereocenters. The van der Waals surface area contributed by atoms with Gasteiger partial charge in [-0.25, -0.2) is 8.78 Å². The summed E-state index contributed by atoms with van der Waals surface area (Å²) in [5.41, 5.74) is 1.01. The molecule has 0 bridgehead atoms. The number of rotatable bonds is 1. The van der Waals surface area contributed by atoms with Crippen LogP contribution in [0.1, 0.15) is 18.4 Å². The first-order valence-electron chi connectivity index (χ1n) is 4.27. The molecule has 0 N–H and O–H groups in total. The van der Waals surface area contributed by atoms with Crippen molar-refractivity contribution in [1.82, 2.24) is 0 Å². The van der Waals surface area contributed by atoms with Crippen LogP contribution in [0.25, 0.3) is 0 Å². The maximum Gasteiger partial charge on any atom is 0.167 e. The minimum Gasteiger partial charge on any atom is -0.289 e. The number of halogens is 2. The van der Waals surface area contributed by atoms with E-state index >= 15 is 0 Å². The average molecular weight is 181 g/mol. The molecule has 0 aromatic heterocycles. The van der Waals surface area contributed by atoms with Crippen molar-refractivity contribution < 1.29 is 8.78 Å². The van der Waals surface area contributed by atoms with Crippen molar-refractivity contribution in [3.05, 3.63) is 35.4 Å². The zero-order valence-corrected chi connectivity index (χ0v) is 7.06. The lowest BCUT2D eigenvalue weighted by Gasteiger charge is -2.02. The van der Waals surface area contributed by atoms with Gasteiger partial charge in [-0.3, -0.25) is 4.99 Å². The third-order valence-electron chi connectivity index (χ3n) is 2.14. The molecule has 0 saturated carbocycles. The number of aliphatic imine (C=N–C) groups is 1. The SMILES string of the molecule is Fc1cccc(C2=NCCC2)c1F. The van der Waals surface area contributed by atoms with Crippen molar-refractivity contribution in [3.63, 3.8) is 0 Å². The maximum atomic E-state index is 13.2. The summed E-state index contributed by atoms with van der Waals surface area (Å²) < 4.78 is 26.0. The molecular formula is C10H9F2N. The summed E-state index contributed by atoms with van der Waals surface area (Å²) in [5.74, 6) is -1.57. The number of benzene rings is 1. The van der Waals surface area contributed by atoms with E-state index in [0.29, 0.717) is 11.3 Å². The van der Waals surface area contributed by atoms with Gasteiger partial charge in [-0.05, 0) is 18.9 Å². The summed E-state index contributed by atoms with van der Waals surface area (Å²) in [6.45, 7) is 0.727. The number of hydrogen-bond donors (Lipinski definition) is 0. The van der Waals surface area contributed by atoms with Crippen LogP contribution in [-0.2, 0) is 0 Å². The second-order valence-electron chi connectivity index (χ2n) is 3.03. The third kappa shape index (κ3) is 1.46. The Morgan fingerprint density at radius 2 is 2.08 bits per heavy atom. The highest BCUT2D eigenvalue weighted by Crippen LogP contribution is 2.17. The zero-order chi connectivity index (χ0) is 9.26. The summed E-state index contributed by atoms with van der Waals surface area (Å²) in [7, 11) is 0.